The third kappa shape index (κ3) is 1.15. The Morgan fingerprint density at radius 2 is 2.50 bits per heavy atom. The van der Waals surface area contributed by atoms with Gasteiger partial charge in [-0.2, -0.15) is 0 Å². The summed E-state index contributed by atoms with van der Waals surface area (Å²) in [4.78, 5) is 11.1. The number of hydrogen-bond donors (Lipinski definition) is 1. The minimum atomic E-state index is -0.160. The number of rotatable bonds is 1. The van der Waals surface area contributed by atoms with E-state index in [4.69, 9.17) is 0 Å². The maximum absolute atomic E-state index is 11.1. The van der Waals surface area contributed by atoms with E-state index in [2.05, 4.69) is 34.8 Å². The molecule has 3 heteroatoms. The molecule has 10 heavy (non-hydrogen) atoms. The van der Waals surface area contributed by atoms with Gasteiger partial charge < -0.3 is 5.32 Å². The zero-order valence-electron chi connectivity index (χ0n) is 6.28. The summed E-state index contributed by atoms with van der Waals surface area (Å²) in [6, 6.07) is 0. The van der Waals surface area contributed by atoms with Crippen molar-refractivity contribution in [2.75, 3.05) is 6.54 Å². The summed E-state index contributed by atoms with van der Waals surface area (Å²) in [6.45, 7) is 4.99. The Balaban J connectivity index is 2.73. The quantitative estimate of drug-likeness (QED) is 0.554. The molecule has 58 valence electrons. The molecule has 1 heterocycles. The van der Waals surface area contributed by atoms with E-state index in [9.17, 15) is 4.79 Å². The highest BCUT2D eigenvalue weighted by Crippen LogP contribution is 2.34. The molecule has 1 saturated heterocycles. The average molecular weight is 253 g/mol. The molecule has 0 radical (unpaired) electrons. The second kappa shape index (κ2) is 2.68. The second-order valence-corrected chi connectivity index (χ2v) is 5.13. The van der Waals surface area contributed by atoms with Gasteiger partial charge >= 0.3 is 0 Å². The molecule has 1 amide bonds. The van der Waals surface area contributed by atoms with Crippen LogP contribution < -0.4 is 5.32 Å². The molecule has 1 rings (SSSR count). The Morgan fingerprint density at radius 1 is 1.90 bits per heavy atom. The summed E-state index contributed by atoms with van der Waals surface area (Å²) in [5.74, 6) is 0.709. The fourth-order valence-electron chi connectivity index (χ4n) is 1.29. The summed E-state index contributed by atoms with van der Waals surface area (Å²) >= 11 is 2.24. The van der Waals surface area contributed by atoms with Crippen molar-refractivity contribution in [3.63, 3.8) is 0 Å². The van der Waals surface area contributed by atoms with E-state index >= 15 is 0 Å². The van der Waals surface area contributed by atoms with Crippen LogP contribution in [-0.4, -0.2) is 15.9 Å². The lowest BCUT2D eigenvalue weighted by atomic mass is 9.95. The molecule has 1 fully saturated rings. The summed E-state index contributed by atoms with van der Waals surface area (Å²) in [6.07, 6.45) is 1.08. The Morgan fingerprint density at radius 3 is 2.70 bits per heavy atom. The number of halogens is 1. The lowest BCUT2D eigenvalue weighted by Crippen LogP contribution is -2.31. The smallest absolute Gasteiger partial charge is 0.236 e. The molecule has 0 aliphatic carbocycles. The van der Waals surface area contributed by atoms with E-state index in [-0.39, 0.29) is 9.33 Å². The predicted octanol–water partition coefficient (Wildman–Crippen LogP) is 1.34. The van der Waals surface area contributed by atoms with Crippen molar-refractivity contribution in [3.05, 3.63) is 0 Å². The van der Waals surface area contributed by atoms with Crippen molar-refractivity contribution in [1.82, 2.24) is 5.32 Å². The molecular weight excluding hydrogens is 241 g/mol. The van der Waals surface area contributed by atoms with E-state index in [0.29, 0.717) is 5.92 Å². The molecule has 0 aromatic rings. The monoisotopic (exact) mass is 253 g/mol. The first kappa shape index (κ1) is 8.30. The third-order valence-electron chi connectivity index (χ3n) is 2.21. The third-order valence-corrected chi connectivity index (χ3v) is 3.58. The van der Waals surface area contributed by atoms with E-state index in [1.807, 2.05) is 6.92 Å². The van der Waals surface area contributed by atoms with Gasteiger partial charge in [-0.15, -0.1) is 0 Å². The van der Waals surface area contributed by atoms with Crippen LogP contribution in [0.2, 0.25) is 0 Å². The first-order valence-corrected chi connectivity index (χ1v) is 4.64. The molecule has 0 aromatic heterocycles. The summed E-state index contributed by atoms with van der Waals surface area (Å²) in [5.41, 5.74) is 0. The largest absolute Gasteiger partial charge is 0.355 e. The summed E-state index contributed by atoms with van der Waals surface area (Å²) < 4.78 is -0.160. The Kier molecular flexibility index (Phi) is 2.22. The number of nitrogens with one attached hydrogen (secondary N) is 1. The second-order valence-electron chi connectivity index (χ2n) is 2.89. The fourth-order valence-corrected chi connectivity index (χ4v) is 2.14. The van der Waals surface area contributed by atoms with Crippen LogP contribution in [0.25, 0.3) is 0 Å². The van der Waals surface area contributed by atoms with Gasteiger partial charge in [-0.25, -0.2) is 0 Å². The molecule has 1 N–H and O–H groups in total. The van der Waals surface area contributed by atoms with E-state index in [1.54, 1.807) is 0 Å². The SMILES string of the molecule is CCC1CNC(=O)C1(C)I. The van der Waals surface area contributed by atoms with Gasteiger partial charge in [-0.3, -0.25) is 4.79 Å². The van der Waals surface area contributed by atoms with E-state index in [0.717, 1.165) is 13.0 Å². The summed E-state index contributed by atoms with van der Waals surface area (Å²) in [7, 11) is 0. The van der Waals surface area contributed by atoms with Crippen molar-refractivity contribution in [1.29, 1.82) is 0 Å². The molecule has 1 aliphatic heterocycles. The Bertz CT molecular complexity index is 156. The first-order valence-electron chi connectivity index (χ1n) is 3.56. The van der Waals surface area contributed by atoms with Crippen molar-refractivity contribution in [2.24, 2.45) is 5.92 Å². The Labute approximate surface area is 74.9 Å². The minimum absolute atomic E-state index is 0.160. The van der Waals surface area contributed by atoms with Gasteiger partial charge in [0.1, 0.15) is 3.42 Å². The maximum atomic E-state index is 11.1. The van der Waals surface area contributed by atoms with E-state index in [1.165, 1.54) is 0 Å². The van der Waals surface area contributed by atoms with Gasteiger partial charge in [0, 0.05) is 6.54 Å². The molecule has 2 atom stereocenters. The number of carbonyl (C=O) groups excluding carboxylic acids is 1. The maximum Gasteiger partial charge on any atom is 0.236 e. The molecule has 0 saturated carbocycles. The lowest BCUT2D eigenvalue weighted by Gasteiger charge is -2.19. The molecule has 0 aromatic carbocycles. The number of hydrogen-bond acceptors (Lipinski definition) is 1. The molecule has 0 bridgehead atoms. The normalized spacial score (nSPS) is 39.9. The van der Waals surface area contributed by atoms with Crippen LogP contribution in [0.3, 0.4) is 0 Å². The molecule has 0 spiro atoms. The van der Waals surface area contributed by atoms with Crippen LogP contribution in [0.15, 0.2) is 0 Å². The molecule has 2 unspecified atom stereocenters. The van der Waals surface area contributed by atoms with Crippen molar-refractivity contribution in [3.8, 4) is 0 Å². The standard InChI is InChI=1S/C7H12INO/c1-3-5-4-9-6(10)7(5,2)8/h5H,3-4H2,1-2H3,(H,9,10). The van der Waals surface area contributed by atoms with Crippen LogP contribution in [0.5, 0.6) is 0 Å². The topological polar surface area (TPSA) is 29.1 Å². The number of carbonyl (C=O) groups is 1. The number of alkyl halides is 1. The first-order chi connectivity index (χ1) is 4.59. The van der Waals surface area contributed by atoms with Crippen LogP contribution in [0.4, 0.5) is 0 Å². The minimum Gasteiger partial charge on any atom is -0.355 e. The highest BCUT2D eigenvalue weighted by molar-refractivity contribution is 14.1. The van der Waals surface area contributed by atoms with Crippen molar-refractivity contribution >= 4 is 28.5 Å². The van der Waals surface area contributed by atoms with Crippen molar-refractivity contribution in [2.45, 2.75) is 23.7 Å². The van der Waals surface area contributed by atoms with Gasteiger partial charge in [0.25, 0.3) is 0 Å². The highest BCUT2D eigenvalue weighted by Gasteiger charge is 2.42. The summed E-state index contributed by atoms with van der Waals surface area (Å²) in [5, 5.41) is 2.86. The molecular formula is C7H12INO. The lowest BCUT2D eigenvalue weighted by molar-refractivity contribution is -0.120. The zero-order chi connectivity index (χ0) is 7.78. The van der Waals surface area contributed by atoms with Crippen LogP contribution in [-0.2, 0) is 4.79 Å². The fraction of sp³-hybridized carbons (Fsp3) is 0.857. The van der Waals surface area contributed by atoms with Gasteiger partial charge in [0.2, 0.25) is 5.91 Å². The molecule has 2 nitrogen and oxygen atoms in total. The Hall–Kier alpha value is 0.200. The van der Waals surface area contributed by atoms with Crippen molar-refractivity contribution < 1.29 is 4.79 Å². The highest BCUT2D eigenvalue weighted by atomic mass is 127. The van der Waals surface area contributed by atoms with Gasteiger partial charge in [-0.1, -0.05) is 29.5 Å². The van der Waals surface area contributed by atoms with Gasteiger partial charge in [0.05, 0.1) is 0 Å². The van der Waals surface area contributed by atoms with Crippen LogP contribution >= 0.6 is 22.6 Å². The van der Waals surface area contributed by atoms with E-state index < -0.39 is 0 Å². The van der Waals surface area contributed by atoms with Gasteiger partial charge in [0.15, 0.2) is 0 Å². The zero-order valence-corrected chi connectivity index (χ0v) is 8.44. The number of amides is 1. The average Bonchev–Trinajstić information content (AvgIpc) is 2.10. The predicted molar refractivity (Wildman–Crippen MR) is 49.2 cm³/mol. The van der Waals surface area contributed by atoms with Crippen LogP contribution in [0, 0.1) is 5.92 Å². The molecule has 1 aliphatic rings. The van der Waals surface area contributed by atoms with Crippen LogP contribution in [0.1, 0.15) is 20.3 Å². The van der Waals surface area contributed by atoms with Gasteiger partial charge in [-0.05, 0) is 19.3 Å².